The number of nitrogens with zero attached hydrogens (tertiary/aromatic N) is 2. The number of benzene rings is 2. The van der Waals surface area contributed by atoms with Crippen LogP contribution in [0.3, 0.4) is 0 Å². The Bertz CT molecular complexity index is 1100. The summed E-state index contributed by atoms with van der Waals surface area (Å²) in [5.41, 5.74) is 2.71. The topological polar surface area (TPSA) is 48.8 Å². The first kappa shape index (κ1) is 34.1. The highest BCUT2D eigenvalue weighted by molar-refractivity contribution is 7.85. The van der Waals surface area contributed by atoms with Gasteiger partial charge >= 0.3 is 0 Å². The van der Waals surface area contributed by atoms with Crippen LogP contribution in [0.2, 0.25) is 0 Å². The molecule has 0 spiro atoms. The molecule has 6 rings (SSSR count). The third kappa shape index (κ3) is 10.4. The number of hydrogen-bond donors (Lipinski definition) is 2. The molecule has 0 amide bonds. The summed E-state index contributed by atoms with van der Waals surface area (Å²) in [6.07, 6.45) is 28.8. The van der Waals surface area contributed by atoms with Gasteiger partial charge in [-0.15, -0.1) is 0 Å². The van der Waals surface area contributed by atoms with E-state index in [0.29, 0.717) is 24.2 Å². The highest BCUT2D eigenvalue weighted by Gasteiger charge is 2.29. The Morgan fingerprint density at radius 2 is 0.783 bits per heavy atom. The molecule has 4 aliphatic carbocycles. The van der Waals surface area contributed by atoms with Crippen LogP contribution in [-0.4, -0.2) is 47.6 Å². The average Bonchev–Trinajstić information content (AvgIpc) is 3.12. The van der Waals surface area contributed by atoms with Gasteiger partial charge in [-0.2, -0.15) is 0 Å². The summed E-state index contributed by atoms with van der Waals surface area (Å²) in [4.78, 5) is 11.4. The van der Waals surface area contributed by atoms with Gasteiger partial charge in [0.2, 0.25) is 0 Å². The van der Waals surface area contributed by atoms with Crippen molar-refractivity contribution in [1.82, 2.24) is 10.6 Å². The SMILES string of the molecule is c1ccc(P(CCP(C(=NC2CCCCC2)NC2CCCCC2)c2ccccc2)C(=NC2CCCCC2)NC2CCCCC2)cc1. The zero-order valence-electron chi connectivity index (χ0n) is 28.4. The highest BCUT2D eigenvalue weighted by atomic mass is 31.1. The zero-order valence-corrected chi connectivity index (χ0v) is 30.2. The maximum Gasteiger partial charge on any atom is 0.124 e. The van der Waals surface area contributed by atoms with Crippen molar-refractivity contribution in [1.29, 1.82) is 0 Å². The van der Waals surface area contributed by atoms with Crippen molar-refractivity contribution < 1.29 is 0 Å². The van der Waals surface area contributed by atoms with Crippen LogP contribution in [0.25, 0.3) is 0 Å². The average molecular weight is 659 g/mol. The van der Waals surface area contributed by atoms with E-state index in [1.165, 1.54) is 163 Å². The van der Waals surface area contributed by atoms with Crippen LogP contribution in [0.4, 0.5) is 0 Å². The van der Waals surface area contributed by atoms with Gasteiger partial charge in [0, 0.05) is 12.1 Å². The number of hydrogen-bond acceptors (Lipinski definition) is 2. The predicted octanol–water partition coefficient (Wildman–Crippen LogP) is 9.82. The summed E-state index contributed by atoms with van der Waals surface area (Å²) in [6, 6.07) is 25.1. The summed E-state index contributed by atoms with van der Waals surface area (Å²) in [5.74, 6) is 0. The predicted molar refractivity (Wildman–Crippen MR) is 204 cm³/mol. The lowest BCUT2D eigenvalue weighted by atomic mass is 9.95. The molecule has 250 valence electrons. The summed E-state index contributed by atoms with van der Waals surface area (Å²) < 4.78 is 0. The fourth-order valence-electron chi connectivity index (χ4n) is 8.13. The molecule has 6 heteroatoms. The summed E-state index contributed by atoms with van der Waals surface area (Å²) >= 11 is 0. The Kier molecular flexibility index (Phi) is 13.9. The molecule has 4 nitrogen and oxygen atoms in total. The molecule has 2 N–H and O–H groups in total. The van der Waals surface area contributed by atoms with E-state index in [4.69, 9.17) is 9.98 Å². The fourth-order valence-corrected chi connectivity index (χ4v) is 13.5. The monoisotopic (exact) mass is 658 g/mol. The molecule has 4 saturated carbocycles. The minimum absolute atomic E-state index is 0.487. The van der Waals surface area contributed by atoms with E-state index in [2.05, 4.69) is 71.3 Å². The molecule has 46 heavy (non-hydrogen) atoms. The van der Waals surface area contributed by atoms with Gasteiger partial charge in [0.05, 0.1) is 12.1 Å². The van der Waals surface area contributed by atoms with Crippen LogP contribution in [0.1, 0.15) is 128 Å². The van der Waals surface area contributed by atoms with E-state index < -0.39 is 15.8 Å². The third-order valence-electron chi connectivity index (χ3n) is 10.8. The second-order valence-electron chi connectivity index (χ2n) is 14.4. The van der Waals surface area contributed by atoms with Gasteiger partial charge in [-0.25, -0.2) is 0 Å². The van der Waals surface area contributed by atoms with Gasteiger partial charge in [0.25, 0.3) is 0 Å². The Morgan fingerprint density at radius 1 is 0.457 bits per heavy atom. The smallest absolute Gasteiger partial charge is 0.124 e. The summed E-state index contributed by atoms with van der Waals surface area (Å²) in [6.45, 7) is 0. The maximum atomic E-state index is 5.68. The van der Waals surface area contributed by atoms with E-state index >= 15 is 0 Å². The Balaban J connectivity index is 1.32. The Hall–Kier alpha value is -1.76. The van der Waals surface area contributed by atoms with E-state index in [1.54, 1.807) is 0 Å². The number of nitrogens with one attached hydrogen (secondary N) is 2. The van der Waals surface area contributed by atoms with Crippen LogP contribution < -0.4 is 21.2 Å². The van der Waals surface area contributed by atoms with Crippen molar-refractivity contribution >= 4 is 37.6 Å². The van der Waals surface area contributed by atoms with Gasteiger partial charge in [-0.3, -0.25) is 9.98 Å². The van der Waals surface area contributed by atoms with Crippen LogP contribution in [0.5, 0.6) is 0 Å². The minimum Gasteiger partial charge on any atom is -0.367 e. The molecule has 2 aromatic rings. The largest absolute Gasteiger partial charge is 0.367 e. The lowest BCUT2D eigenvalue weighted by Crippen LogP contribution is -2.39. The molecular weight excluding hydrogens is 598 g/mol. The maximum absolute atomic E-state index is 5.68. The fraction of sp³-hybridized carbons (Fsp3) is 0.650. The van der Waals surface area contributed by atoms with E-state index in [-0.39, 0.29) is 0 Å². The van der Waals surface area contributed by atoms with Gasteiger partial charge in [0.1, 0.15) is 11.2 Å². The molecule has 0 heterocycles. The second-order valence-corrected chi connectivity index (χ2v) is 18.9. The minimum atomic E-state index is -0.583. The van der Waals surface area contributed by atoms with Gasteiger partial charge < -0.3 is 10.6 Å². The van der Waals surface area contributed by atoms with Gasteiger partial charge in [0.15, 0.2) is 0 Å². The van der Waals surface area contributed by atoms with Crippen molar-refractivity contribution in [2.75, 3.05) is 12.3 Å². The van der Waals surface area contributed by atoms with E-state index in [0.717, 1.165) is 0 Å². The lowest BCUT2D eigenvalue weighted by Gasteiger charge is -2.33. The molecule has 2 atom stereocenters. The molecular formula is C40H60N4P2. The van der Waals surface area contributed by atoms with Crippen LogP contribution in [0, 0.1) is 0 Å². The normalized spacial score (nSPS) is 23.1. The number of rotatable bonds is 11. The van der Waals surface area contributed by atoms with Crippen molar-refractivity contribution in [3.05, 3.63) is 60.7 Å². The lowest BCUT2D eigenvalue weighted by molar-refractivity contribution is 0.410. The van der Waals surface area contributed by atoms with Crippen molar-refractivity contribution in [3.8, 4) is 0 Å². The van der Waals surface area contributed by atoms with Crippen LogP contribution in [0.15, 0.2) is 70.6 Å². The van der Waals surface area contributed by atoms with E-state index in [9.17, 15) is 0 Å². The molecule has 2 aromatic carbocycles. The molecule has 0 saturated heterocycles. The van der Waals surface area contributed by atoms with Crippen molar-refractivity contribution in [2.45, 2.75) is 153 Å². The number of amidine groups is 2. The quantitative estimate of drug-likeness (QED) is 0.144. The second kappa shape index (κ2) is 18.7. The zero-order chi connectivity index (χ0) is 31.2. The summed E-state index contributed by atoms with van der Waals surface area (Å²) in [7, 11) is -1.17. The first-order chi connectivity index (χ1) is 22.8. The molecule has 4 fully saturated rings. The molecule has 0 bridgehead atoms. The van der Waals surface area contributed by atoms with Crippen LogP contribution >= 0.6 is 15.8 Å². The van der Waals surface area contributed by atoms with Gasteiger partial charge in [-0.05, 0) is 90.1 Å². The Morgan fingerprint density at radius 3 is 1.13 bits per heavy atom. The first-order valence-electron chi connectivity index (χ1n) is 19.2. The van der Waals surface area contributed by atoms with E-state index in [1.807, 2.05) is 0 Å². The standard InChI is InChI=1S/C40H60N4P2/c1-7-19-33(20-8-1)41-39(42-34-21-9-2-10-22-34)45(37-27-15-5-16-28-37)31-32-46(38-29-17-6-18-30-38)40(43-35-23-11-3-12-24-35)44-36-25-13-4-14-26-36/h5-6,15-18,27-30,33-36H,1-4,7-14,19-26,31-32H2,(H,41,42)(H,43,44). The molecule has 0 radical (unpaired) electrons. The summed E-state index contributed by atoms with van der Waals surface area (Å²) in [5, 5.41) is 11.3. The van der Waals surface area contributed by atoms with Crippen molar-refractivity contribution in [2.24, 2.45) is 9.98 Å². The van der Waals surface area contributed by atoms with Crippen LogP contribution in [-0.2, 0) is 0 Å². The number of aliphatic imine (C=N–C) groups is 2. The molecule has 2 unspecified atom stereocenters. The first-order valence-corrected chi connectivity index (χ1v) is 22.2. The molecule has 4 aliphatic rings. The highest BCUT2D eigenvalue weighted by Crippen LogP contribution is 2.45. The van der Waals surface area contributed by atoms with Crippen molar-refractivity contribution in [3.63, 3.8) is 0 Å². The third-order valence-corrected chi connectivity index (χ3v) is 15.9. The Labute approximate surface area is 283 Å². The molecule has 0 aliphatic heterocycles. The van der Waals surface area contributed by atoms with Gasteiger partial charge in [-0.1, -0.05) is 138 Å². The molecule has 0 aromatic heterocycles.